The van der Waals surface area contributed by atoms with E-state index >= 15 is 0 Å². The number of carbonyl (C=O) groups excluding carboxylic acids is 1. The normalized spacial score (nSPS) is 12.2. The van der Waals surface area contributed by atoms with Crippen LogP contribution in [0.15, 0.2) is 10.9 Å². The molecule has 18 heavy (non-hydrogen) atoms. The molecule has 1 unspecified atom stereocenters. The van der Waals surface area contributed by atoms with Gasteiger partial charge in [-0.1, -0.05) is 0 Å². The first-order valence-electron chi connectivity index (χ1n) is 5.82. The highest BCUT2D eigenvalue weighted by Gasteiger charge is 2.14. The summed E-state index contributed by atoms with van der Waals surface area (Å²) in [5.74, 6) is -0.476. The van der Waals surface area contributed by atoms with Gasteiger partial charge in [0, 0.05) is 11.4 Å². The minimum atomic E-state index is -0.954. The molecule has 0 spiro atoms. The summed E-state index contributed by atoms with van der Waals surface area (Å²) in [6.45, 7) is 5.50. The first kappa shape index (κ1) is 14.4. The zero-order valence-corrected chi connectivity index (χ0v) is 10.8. The minimum absolute atomic E-state index is 0.0385. The Morgan fingerprint density at radius 3 is 2.78 bits per heavy atom. The number of aryl methyl sites for hydroxylation is 2. The third-order valence-corrected chi connectivity index (χ3v) is 2.45. The van der Waals surface area contributed by atoms with Gasteiger partial charge in [0.1, 0.15) is 0 Å². The van der Waals surface area contributed by atoms with Crippen molar-refractivity contribution in [3.8, 4) is 0 Å². The van der Waals surface area contributed by atoms with E-state index < -0.39 is 17.8 Å². The largest absolute Gasteiger partial charge is 0.466 e. The summed E-state index contributed by atoms with van der Waals surface area (Å²) < 4.78 is 6.07. The topological polar surface area (TPSA) is 81.4 Å². The van der Waals surface area contributed by atoms with Crippen LogP contribution in [0.2, 0.25) is 0 Å². The molecule has 1 N–H and O–H groups in total. The van der Waals surface area contributed by atoms with Crippen LogP contribution >= 0.6 is 0 Å². The Hall–Kier alpha value is -1.69. The van der Waals surface area contributed by atoms with Gasteiger partial charge >= 0.3 is 11.7 Å². The van der Waals surface area contributed by atoms with Crippen LogP contribution in [0.4, 0.5) is 0 Å². The molecule has 0 saturated carbocycles. The van der Waals surface area contributed by atoms with Gasteiger partial charge in [-0.15, -0.1) is 0 Å². The van der Waals surface area contributed by atoms with Crippen molar-refractivity contribution < 1.29 is 14.6 Å². The maximum Gasteiger partial charge on any atom is 0.348 e. The molecule has 0 fully saturated rings. The van der Waals surface area contributed by atoms with E-state index in [0.29, 0.717) is 11.4 Å². The minimum Gasteiger partial charge on any atom is -0.466 e. The molecular formula is C12H18N2O4. The van der Waals surface area contributed by atoms with Crippen LogP contribution < -0.4 is 5.69 Å². The molecule has 1 heterocycles. The van der Waals surface area contributed by atoms with Crippen molar-refractivity contribution in [1.29, 1.82) is 0 Å². The Morgan fingerprint density at radius 2 is 2.22 bits per heavy atom. The Labute approximate surface area is 105 Å². The number of carbonyl (C=O) groups is 1. The Kier molecular flexibility index (Phi) is 5.03. The summed E-state index contributed by atoms with van der Waals surface area (Å²) in [4.78, 5) is 26.6. The van der Waals surface area contributed by atoms with E-state index in [1.165, 1.54) is 4.57 Å². The maximum atomic E-state index is 11.6. The van der Waals surface area contributed by atoms with E-state index in [9.17, 15) is 14.7 Å². The van der Waals surface area contributed by atoms with E-state index in [-0.39, 0.29) is 19.6 Å². The molecule has 100 valence electrons. The quantitative estimate of drug-likeness (QED) is 0.758. The molecule has 0 amide bonds. The maximum absolute atomic E-state index is 11.6. The van der Waals surface area contributed by atoms with Crippen LogP contribution in [0.3, 0.4) is 0 Å². The summed E-state index contributed by atoms with van der Waals surface area (Å²) in [7, 11) is 0. The first-order valence-corrected chi connectivity index (χ1v) is 5.82. The van der Waals surface area contributed by atoms with Crippen LogP contribution in [-0.4, -0.2) is 33.3 Å². The number of ether oxygens (including phenoxy) is 1. The standard InChI is InChI=1S/C12H18N2O4/c1-4-18-11(16)6-10(15)7-14-9(3)5-8(2)13-12(14)17/h5,10,15H,4,6-7H2,1-3H3. The van der Waals surface area contributed by atoms with E-state index in [0.717, 1.165) is 0 Å². The van der Waals surface area contributed by atoms with Crippen molar-refractivity contribution in [3.63, 3.8) is 0 Å². The summed E-state index contributed by atoms with van der Waals surface area (Å²) in [6.07, 6.45) is -1.09. The van der Waals surface area contributed by atoms with Gasteiger partial charge in [-0.3, -0.25) is 9.36 Å². The molecule has 0 aliphatic rings. The van der Waals surface area contributed by atoms with Gasteiger partial charge in [-0.25, -0.2) is 4.79 Å². The zero-order chi connectivity index (χ0) is 13.7. The lowest BCUT2D eigenvalue weighted by Gasteiger charge is -2.14. The van der Waals surface area contributed by atoms with Crippen molar-refractivity contribution in [2.45, 2.75) is 39.8 Å². The molecule has 0 aliphatic carbocycles. The highest BCUT2D eigenvalue weighted by molar-refractivity contribution is 5.69. The number of aromatic nitrogens is 2. The molecule has 0 bridgehead atoms. The van der Waals surface area contributed by atoms with Crippen molar-refractivity contribution >= 4 is 5.97 Å². The van der Waals surface area contributed by atoms with Crippen LogP contribution in [0.5, 0.6) is 0 Å². The van der Waals surface area contributed by atoms with Crippen molar-refractivity contribution in [1.82, 2.24) is 9.55 Å². The Bertz CT molecular complexity index is 481. The molecule has 1 rings (SSSR count). The van der Waals surface area contributed by atoms with Gasteiger partial charge < -0.3 is 9.84 Å². The first-order chi connectivity index (χ1) is 8.43. The average molecular weight is 254 g/mol. The van der Waals surface area contributed by atoms with E-state index in [4.69, 9.17) is 4.74 Å². The summed E-state index contributed by atoms with van der Waals surface area (Å²) in [5, 5.41) is 9.73. The fourth-order valence-electron chi connectivity index (χ4n) is 1.68. The lowest BCUT2D eigenvalue weighted by Crippen LogP contribution is -2.31. The number of hydrogen-bond donors (Lipinski definition) is 1. The van der Waals surface area contributed by atoms with Crippen LogP contribution in [0.25, 0.3) is 0 Å². The molecule has 6 nitrogen and oxygen atoms in total. The van der Waals surface area contributed by atoms with Crippen LogP contribution in [0, 0.1) is 13.8 Å². The smallest absolute Gasteiger partial charge is 0.348 e. The summed E-state index contributed by atoms with van der Waals surface area (Å²) >= 11 is 0. The van der Waals surface area contributed by atoms with Gasteiger partial charge in [0.2, 0.25) is 0 Å². The lowest BCUT2D eigenvalue weighted by atomic mass is 10.2. The van der Waals surface area contributed by atoms with Gasteiger partial charge in [-0.2, -0.15) is 4.98 Å². The fraction of sp³-hybridized carbons (Fsp3) is 0.583. The molecule has 0 saturated heterocycles. The second-order valence-electron chi connectivity index (χ2n) is 4.10. The Balaban J connectivity index is 2.73. The molecule has 0 aliphatic heterocycles. The Morgan fingerprint density at radius 1 is 1.56 bits per heavy atom. The monoisotopic (exact) mass is 254 g/mol. The van der Waals surface area contributed by atoms with Gasteiger partial charge in [0.05, 0.1) is 25.7 Å². The van der Waals surface area contributed by atoms with Crippen molar-refractivity contribution in [2.75, 3.05) is 6.61 Å². The van der Waals surface area contributed by atoms with E-state index in [1.807, 2.05) is 0 Å². The second kappa shape index (κ2) is 6.30. The predicted octanol–water partition coefficient (Wildman–Crippen LogP) is 0.174. The third kappa shape index (κ3) is 3.96. The zero-order valence-electron chi connectivity index (χ0n) is 10.8. The number of aliphatic hydroxyl groups is 1. The number of esters is 1. The van der Waals surface area contributed by atoms with Gasteiger partial charge in [-0.05, 0) is 26.8 Å². The highest BCUT2D eigenvalue weighted by Crippen LogP contribution is 2.02. The van der Waals surface area contributed by atoms with E-state index in [1.54, 1.807) is 26.8 Å². The molecule has 1 aromatic rings. The second-order valence-corrected chi connectivity index (χ2v) is 4.10. The SMILES string of the molecule is CCOC(=O)CC(O)Cn1c(C)cc(C)nc1=O. The predicted molar refractivity (Wildman–Crippen MR) is 65.2 cm³/mol. The highest BCUT2D eigenvalue weighted by atomic mass is 16.5. The molecular weight excluding hydrogens is 236 g/mol. The summed E-state index contributed by atoms with van der Waals surface area (Å²) in [5.41, 5.74) is 0.916. The molecule has 1 aromatic heterocycles. The number of hydrogen-bond acceptors (Lipinski definition) is 5. The number of rotatable bonds is 5. The molecule has 6 heteroatoms. The van der Waals surface area contributed by atoms with Crippen LogP contribution in [-0.2, 0) is 16.1 Å². The average Bonchev–Trinajstić information content (AvgIpc) is 2.23. The molecule has 0 aromatic carbocycles. The third-order valence-electron chi connectivity index (χ3n) is 2.45. The van der Waals surface area contributed by atoms with Gasteiger partial charge in [0.15, 0.2) is 0 Å². The number of nitrogens with zero attached hydrogens (tertiary/aromatic N) is 2. The van der Waals surface area contributed by atoms with Crippen molar-refractivity contribution in [2.24, 2.45) is 0 Å². The van der Waals surface area contributed by atoms with Gasteiger partial charge in [0.25, 0.3) is 0 Å². The molecule has 0 radical (unpaired) electrons. The van der Waals surface area contributed by atoms with Crippen molar-refractivity contribution in [3.05, 3.63) is 27.9 Å². The summed E-state index contributed by atoms with van der Waals surface area (Å²) in [6, 6.07) is 1.75. The number of aliphatic hydroxyl groups excluding tert-OH is 1. The van der Waals surface area contributed by atoms with Crippen LogP contribution in [0.1, 0.15) is 24.7 Å². The fourth-order valence-corrected chi connectivity index (χ4v) is 1.68. The van der Waals surface area contributed by atoms with E-state index in [2.05, 4.69) is 4.98 Å². The molecule has 1 atom stereocenters. The lowest BCUT2D eigenvalue weighted by molar-refractivity contribution is -0.145.